The minimum atomic E-state index is 0.648. The maximum atomic E-state index is 3.56. The van der Waals surface area contributed by atoms with Crippen LogP contribution in [0, 0.1) is 5.41 Å². The quantitative estimate of drug-likeness (QED) is 0.858. The zero-order valence-electron chi connectivity index (χ0n) is 9.22. The molecular weight excluding hydrogens is 250 g/mol. The topological polar surface area (TPSA) is 12.0 Å². The first-order chi connectivity index (χ1) is 7.24. The highest BCUT2D eigenvalue weighted by Crippen LogP contribution is 2.47. The molecule has 0 unspecified atom stereocenters. The Morgan fingerprint density at radius 3 is 2.47 bits per heavy atom. The monoisotopic (exact) mass is 267 g/mol. The van der Waals surface area contributed by atoms with Crippen LogP contribution in [0.1, 0.15) is 31.7 Å². The number of nitrogens with one attached hydrogen (secondary N) is 1. The summed E-state index contributed by atoms with van der Waals surface area (Å²) in [4.78, 5) is 0. The summed E-state index contributed by atoms with van der Waals surface area (Å²) in [6, 6.07) is 8.54. The summed E-state index contributed by atoms with van der Waals surface area (Å²) < 4.78 is 1.15. The second-order valence-corrected chi connectivity index (χ2v) is 5.50. The van der Waals surface area contributed by atoms with Crippen LogP contribution in [0.25, 0.3) is 0 Å². The highest BCUT2D eigenvalue weighted by atomic mass is 79.9. The Labute approximate surface area is 100 Å². The molecular formula is C13H18BrN. The van der Waals surface area contributed by atoms with E-state index >= 15 is 0 Å². The molecule has 0 heterocycles. The third-order valence-electron chi connectivity index (χ3n) is 3.45. The van der Waals surface area contributed by atoms with Crippen molar-refractivity contribution in [3.63, 3.8) is 0 Å². The molecule has 2 heteroatoms. The van der Waals surface area contributed by atoms with Crippen LogP contribution in [0.3, 0.4) is 0 Å². The number of benzene rings is 1. The first kappa shape index (κ1) is 11.2. The molecule has 1 aromatic rings. The predicted octanol–water partition coefficient (Wildman–Crippen LogP) is 3.73. The van der Waals surface area contributed by atoms with E-state index in [4.69, 9.17) is 0 Å². The minimum absolute atomic E-state index is 0.648. The van der Waals surface area contributed by atoms with E-state index in [1.54, 1.807) is 0 Å². The summed E-state index contributed by atoms with van der Waals surface area (Å²) in [5, 5.41) is 3.56. The van der Waals surface area contributed by atoms with Gasteiger partial charge in [0.25, 0.3) is 0 Å². The van der Waals surface area contributed by atoms with Crippen molar-refractivity contribution in [2.45, 2.75) is 32.7 Å². The van der Waals surface area contributed by atoms with Crippen LogP contribution in [0.2, 0.25) is 0 Å². The van der Waals surface area contributed by atoms with Crippen molar-refractivity contribution in [3.05, 3.63) is 34.3 Å². The number of halogens is 1. The van der Waals surface area contributed by atoms with Gasteiger partial charge in [0.05, 0.1) is 0 Å². The van der Waals surface area contributed by atoms with Crippen LogP contribution in [-0.2, 0) is 6.54 Å². The van der Waals surface area contributed by atoms with Crippen molar-refractivity contribution in [1.82, 2.24) is 5.32 Å². The lowest BCUT2D eigenvalue weighted by Crippen LogP contribution is -2.23. The maximum Gasteiger partial charge on any atom is 0.0205 e. The zero-order chi connectivity index (χ0) is 10.7. The van der Waals surface area contributed by atoms with Gasteiger partial charge in [-0.25, -0.2) is 0 Å². The van der Waals surface area contributed by atoms with Crippen molar-refractivity contribution < 1.29 is 0 Å². The van der Waals surface area contributed by atoms with E-state index in [0.717, 1.165) is 11.0 Å². The molecule has 1 aliphatic rings. The average Bonchev–Trinajstić information content (AvgIpc) is 3.02. The van der Waals surface area contributed by atoms with Crippen LogP contribution in [0.4, 0.5) is 0 Å². The lowest BCUT2D eigenvalue weighted by atomic mass is 10.0. The Balaban J connectivity index is 1.76. The summed E-state index contributed by atoms with van der Waals surface area (Å²) in [6.45, 7) is 4.48. The van der Waals surface area contributed by atoms with Crippen molar-refractivity contribution in [2.75, 3.05) is 6.54 Å². The van der Waals surface area contributed by atoms with Gasteiger partial charge in [-0.3, -0.25) is 0 Å². The smallest absolute Gasteiger partial charge is 0.0205 e. The van der Waals surface area contributed by atoms with Crippen LogP contribution in [0.15, 0.2) is 28.7 Å². The van der Waals surface area contributed by atoms with Gasteiger partial charge in [-0.1, -0.05) is 35.0 Å². The number of hydrogen-bond donors (Lipinski definition) is 1. The fraction of sp³-hybridized carbons (Fsp3) is 0.538. The van der Waals surface area contributed by atoms with E-state index in [1.165, 1.54) is 31.4 Å². The summed E-state index contributed by atoms with van der Waals surface area (Å²) in [7, 11) is 0. The van der Waals surface area contributed by atoms with Crippen molar-refractivity contribution >= 4 is 15.9 Å². The van der Waals surface area contributed by atoms with Gasteiger partial charge in [-0.15, -0.1) is 0 Å². The Bertz CT molecular complexity index is 314. The first-order valence-corrected chi connectivity index (χ1v) is 6.49. The van der Waals surface area contributed by atoms with Crippen LogP contribution in [-0.4, -0.2) is 6.54 Å². The largest absolute Gasteiger partial charge is 0.312 e. The number of hydrogen-bond acceptors (Lipinski definition) is 1. The molecule has 0 amide bonds. The van der Waals surface area contributed by atoms with Gasteiger partial charge in [0.2, 0.25) is 0 Å². The fourth-order valence-electron chi connectivity index (χ4n) is 1.91. The van der Waals surface area contributed by atoms with Crippen molar-refractivity contribution in [1.29, 1.82) is 0 Å². The van der Waals surface area contributed by atoms with E-state index in [9.17, 15) is 0 Å². The molecule has 0 atom stereocenters. The molecule has 0 radical (unpaired) electrons. The van der Waals surface area contributed by atoms with E-state index < -0.39 is 0 Å². The molecule has 1 nitrogen and oxygen atoms in total. The second-order valence-electron chi connectivity index (χ2n) is 4.58. The molecule has 1 aliphatic carbocycles. The summed E-state index contributed by atoms with van der Waals surface area (Å²) in [5.41, 5.74) is 2.01. The molecule has 1 fully saturated rings. The molecule has 1 saturated carbocycles. The molecule has 15 heavy (non-hydrogen) atoms. The molecule has 0 aromatic heterocycles. The van der Waals surface area contributed by atoms with E-state index in [-0.39, 0.29) is 0 Å². The third kappa shape index (κ3) is 3.05. The molecule has 0 saturated heterocycles. The number of rotatable bonds is 5. The molecule has 0 spiro atoms. The Morgan fingerprint density at radius 1 is 1.27 bits per heavy atom. The third-order valence-corrected chi connectivity index (χ3v) is 3.98. The van der Waals surface area contributed by atoms with Gasteiger partial charge in [0, 0.05) is 17.6 Å². The summed E-state index contributed by atoms with van der Waals surface area (Å²) in [6.07, 6.45) is 4.15. The highest BCUT2D eigenvalue weighted by Gasteiger charge is 2.39. The average molecular weight is 268 g/mol. The highest BCUT2D eigenvalue weighted by molar-refractivity contribution is 9.10. The molecule has 2 rings (SSSR count). The van der Waals surface area contributed by atoms with Gasteiger partial charge in [-0.05, 0) is 42.4 Å². The summed E-state index contributed by atoms with van der Waals surface area (Å²) >= 11 is 3.45. The predicted molar refractivity (Wildman–Crippen MR) is 67.8 cm³/mol. The molecule has 0 bridgehead atoms. The van der Waals surface area contributed by atoms with Gasteiger partial charge >= 0.3 is 0 Å². The van der Waals surface area contributed by atoms with Gasteiger partial charge in [0.15, 0.2) is 0 Å². The van der Waals surface area contributed by atoms with Gasteiger partial charge in [0.1, 0.15) is 0 Å². The standard InChI is InChI=1S/C13H18BrN/c1-2-13(7-8-13)10-15-9-11-3-5-12(14)6-4-11/h3-6,15H,2,7-10H2,1H3. The van der Waals surface area contributed by atoms with Crippen LogP contribution < -0.4 is 5.32 Å². The SMILES string of the molecule is CCC1(CNCc2ccc(Br)cc2)CC1. The molecule has 1 N–H and O–H groups in total. The van der Waals surface area contributed by atoms with Crippen molar-refractivity contribution in [2.24, 2.45) is 5.41 Å². The lowest BCUT2D eigenvalue weighted by molar-refractivity contribution is 0.443. The Kier molecular flexibility index (Phi) is 3.47. The lowest BCUT2D eigenvalue weighted by Gasteiger charge is -2.13. The van der Waals surface area contributed by atoms with Crippen LogP contribution in [0.5, 0.6) is 0 Å². The van der Waals surface area contributed by atoms with Crippen molar-refractivity contribution in [3.8, 4) is 0 Å². The molecule has 82 valence electrons. The summed E-state index contributed by atoms with van der Waals surface area (Å²) in [5.74, 6) is 0. The normalized spacial score (nSPS) is 17.7. The van der Waals surface area contributed by atoms with Crippen LogP contribution >= 0.6 is 15.9 Å². The van der Waals surface area contributed by atoms with E-state index in [1.807, 2.05) is 0 Å². The Morgan fingerprint density at radius 2 is 1.93 bits per heavy atom. The van der Waals surface area contributed by atoms with Gasteiger partial charge in [-0.2, -0.15) is 0 Å². The first-order valence-electron chi connectivity index (χ1n) is 5.69. The van der Waals surface area contributed by atoms with Gasteiger partial charge < -0.3 is 5.32 Å². The van der Waals surface area contributed by atoms with E-state index in [0.29, 0.717) is 5.41 Å². The minimum Gasteiger partial charge on any atom is -0.312 e. The van der Waals surface area contributed by atoms with E-state index in [2.05, 4.69) is 52.4 Å². The molecule has 0 aliphatic heterocycles. The second kappa shape index (κ2) is 4.67. The maximum absolute atomic E-state index is 3.56. The fourth-order valence-corrected chi connectivity index (χ4v) is 2.17. The zero-order valence-corrected chi connectivity index (χ0v) is 10.8. The Hall–Kier alpha value is -0.340. The molecule has 1 aromatic carbocycles.